The first kappa shape index (κ1) is 19.5. The molecule has 0 aliphatic carbocycles. The molecule has 0 atom stereocenters. The first-order valence-electron chi connectivity index (χ1n) is 6.59. The maximum atomic E-state index is 12.6. The molecule has 0 spiro atoms. The number of benzene rings is 1. The van der Waals surface area contributed by atoms with E-state index in [0.717, 1.165) is 30.4 Å². The molecule has 0 aromatic heterocycles. The molecular formula is C15H12ClF3N2O3. The van der Waals surface area contributed by atoms with Crippen molar-refractivity contribution < 1.29 is 27.5 Å². The second kappa shape index (κ2) is 8.93. The molecule has 5 nitrogen and oxygen atoms in total. The molecule has 0 saturated heterocycles. The Morgan fingerprint density at radius 2 is 2.08 bits per heavy atom. The second-order valence-corrected chi connectivity index (χ2v) is 4.84. The van der Waals surface area contributed by atoms with Crippen molar-refractivity contribution in [3.8, 4) is 6.07 Å². The van der Waals surface area contributed by atoms with Gasteiger partial charge in [-0.1, -0.05) is 11.6 Å². The first-order valence-corrected chi connectivity index (χ1v) is 6.97. The summed E-state index contributed by atoms with van der Waals surface area (Å²) in [5, 5.41) is 10.7. The molecule has 0 aliphatic rings. The third-order valence-corrected chi connectivity index (χ3v) is 2.97. The van der Waals surface area contributed by atoms with Crippen molar-refractivity contribution in [2.75, 3.05) is 13.2 Å². The summed E-state index contributed by atoms with van der Waals surface area (Å²) >= 11 is 5.77. The van der Waals surface area contributed by atoms with Gasteiger partial charge in [-0.15, -0.1) is 0 Å². The average Bonchev–Trinajstić information content (AvgIpc) is 2.51. The van der Waals surface area contributed by atoms with Crippen molar-refractivity contribution in [1.82, 2.24) is 5.32 Å². The smallest absolute Gasteiger partial charge is 0.416 e. The van der Waals surface area contributed by atoms with Gasteiger partial charge < -0.3 is 10.1 Å². The zero-order chi connectivity index (χ0) is 18.2. The fraction of sp³-hybridized carbons (Fsp3) is 0.267. The van der Waals surface area contributed by atoms with Gasteiger partial charge in [0.05, 0.1) is 18.1 Å². The summed E-state index contributed by atoms with van der Waals surface area (Å²) < 4.78 is 42.4. The lowest BCUT2D eigenvalue weighted by Crippen LogP contribution is -2.29. The van der Waals surface area contributed by atoms with Gasteiger partial charge in [0.1, 0.15) is 0 Å². The van der Waals surface area contributed by atoms with Crippen LogP contribution in [0.3, 0.4) is 0 Å². The molecule has 1 aromatic carbocycles. The molecule has 0 bridgehead atoms. The summed E-state index contributed by atoms with van der Waals surface area (Å²) in [6.45, 7) is -0.437. The Balaban J connectivity index is 2.61. The van der Waals surface area contributed by atoms with Gasteiger partial charge in [0, 0.05) is 17.6 Å². The van der Waals surface area contributed by atoms with E-state index in [-0.39, 0.29) is 23.6 Å². The highest BCUT2D eigenvalue weighted by atomic mass is 35.5. The van der Waals surface area contributed by atoms with Crippen LogP contribution < -0.4 is 5.32 Å². The summed E-state index contributed by atoms with van der Waals surface area (Å²) in [5.74, 6) is -1.51. The molecule has 0 saturated carbocycles. The van der Waals surface area contributed by atoms with Crippen LogP contribution >= 0.6 is 11.6 Å². The molecule has 0 heterocycles. The maximum absolute atomic E-state index is 12.6. The quantitative estimate of drug-likeness (QED) is 0.480. The number of nitriles is 1. The number of carbonyl (C=O) groups is 2. The third-order valence-electron chi connectivity index (χ3n) is 2.63. The van der Waals surface area contributed by atoms with E-state index in [0.29, 0.717) is 0 Å². The fourth-order valence-electron chi connectivity index (χ4n) is 1.50. The molecule has 0 aliphatic heterocycles. The lowest BCUT2D eigenvalue weighted by Gasteiger charge is -2.08. The number of rotatable bonds is 6. The van der Waals surface area contributed by atoms with Crippen LogP contribution in [-0.2, 0) is 20.5 Å². The van der Waals surface area contributed by atoms with Crippen molar-refractivity contribution in [3.63, 3.8) is 0 Å². The minimum atomic E-state index is -4.53. The summed E-state index contributed by atoms with van der Waals surface area (Å²) in [6, 6.07) is 4.50. The predicted molar refractivity (Wildman–Crippen MR) is 79.7 cm³/mol. The minimum absolute atomic E-state index is 0.0121. The molecule has 1 aromatic rings. The zero-order valence-electron chi connectivity index (χ0n) is 12.2. The lowest BCUT2D eigenvalue weighted by atomic mass is 10.1. The van der Waals surface area contributed by atoms with E-state index in [9.17, 15) is 22.8 Å². The normalized spacial score (nSPS) is 11.1. The zero-order valence-corrected chi connectivity index (χ0v) is 12.9. The van der Waals surface area contributed by atoms with E-state index >= 15 is 0 Å². The van der Waals surface area contributed by atoms with Crippen LogP contribution in [0, 0.1) is 11.3 Å². The van der Waals surface area contributed by atoms with Gasteiger partial charge in [-0.25, -0.2) is 4.79 Å². The summed E-state index contributed by atoms with van der Waals surface area (Å²) in [4.78, 5) is 22.7. The first-order chi connectivity index (χ1) is 11.2. The van der Waals surface area contributed by atoms with Crippen LogP contribution in [0.25, 0.3) is 6.08 Å². The van der Waals surface area contributed by atoms with Gasteiger partial charge in [-0.2, -0.15) is 18.4 Å². The number of nitrogens with zero attached hydrogens (tertiary/aromatic N) is 1. The highest BCUT2D eigenvalue weighted by Gasteiger charge is 2.30. The minimum Gasteiger partial charge on any atom is -0.452 e. The summed E-state index contributed by atoms with van der Waals surface area (Å²) in [7, 11) is 0. The Hall–Kier alpha value is -2.53. The monoisotopic (exact) mass is 360 g/mol. The highest BCUT2D eigenvalue weighted by Crippen LogP contribution is 2.32. The SMILES string of the molecule is N#CCCNC(=O)COC(=O)/C=C/c1cc(C(F)(F)F)ccc1Cl. The van der Waals surface area contributed by atoms with Gasteiger partial charge in [0.2, 0.25) is 0 Å². The van der Waals surface area contributed by atoms with Gasteiger partial charge in [-0.05, 0) is 29.8 Å². The summed E-state index contributed by atoms with van der Waals surface area (Å²) in [6.07, 6.45) is -2.49. The summed E-state index contributed by atoms with van der Waals surface area (Å²) in [5.41, 5.74) is -0.918. The molecule has 1 rings (SSSR count). The van der Waals surface area contributed by atoms with Crippen LogP contribution in [0.15, 0.2) is 24.3 Å². The highest BCUT2D eigenvalue weighted by molar-refractivity contribution is 6.32. The van der Waals surface area contributed by atoms with Crippen LogP contribution in [0.1, 0.15) is 17.5 Å². The largest absolute Gasteiger partial charge is 0.452 e. The van der Waals surface area contributed by atoms with Gasteiger partial charge >= 0.3 is 12.1 Å². The van der Waals surface area contributed by atoms with Crippen LogP contribution in [-0.4, -0.2) is 25.0 Å². The molecule has 1 N–H and O–H groups in total. The predicted octanol–water partition coefficient (Wildman–Crippen LogP) is 2.95. The fourth-order valence-corrected chi connectivity index (χ4v) is 1.68. The van der Waals surface area contributed by atoms with Crippen molar-refractivity contribution >= 4 is 29.6 Å². The molecule has 0 unspecified atom stereocenters. The van der Waals surface area contributed by atoms with Crippen molar-refractivity contribution in [2.24, 2.45) is 0 Å². The van der Waals surface area contributed by atoms with E-state index in [2.05, 4.69) is 10.1 Å². The maximum Gasteiger partial charge on any atom is 0.416 e. The van der Waals surface area contributed by atoms with Crippen molar-refractivity contribution in [1.29, 1.82) is 5.26 Å². The molecular weight excluding hydrogens is 349 g/mol. The number of nitrogens with one attached hydrogen (secondary N) is 1. The molecule has 0 fully saturated rings. The Morgan fingerprint density at radius 3 is 2.71 bits per heavy atom. The van der Waals surface area contributed by atoms with Crippen LogP contribution in [0.4, 0.5) is 13.2 Å². The molecule has 128 valence electrons. The second-order valence-electron chi connectivity index (χ2n) is 4.43. The van der Waals surface area contributed by atoms with Crippen LogP contribution in [0.2, 0.25) is 5.02 Å². The number of amides is 1. The van der Waals surface area contributed by atoms with Crippen molar-refractivity contribution in [2.45, 2.75) is 12.6 Å². The van der Waals surface area contributed by atoms with E-state index in [1.165, 1.54) is 0 Å². The molecule has 24 heavy (non-hydrogen) atoms. The molecule has 1 amide bonds. The number of hydrogen-bond donors (Lipinski definition) is 1. The Labute approximate surface area is 140 Å². The van der Waals surface area contributed by atoms with Gasteiger partial charge in [0.25, 0.3) is 5.91 Å². The van der Waals surface area contributed by atoms with E-state index in [1.54, 1.807) is 0 Å². The topological polar surface area (TPSA) is 79.2 Å². The third kappa shape index (κ3) is 6.71. The molecule has 9 heteroatoms. The number of carbonyl (C=O) groups excluding carboxylic acids is 2. The van der Waals surface area contributed by atoms with Crippen LogP contribution in [0.5, 0.6) is 0 Å². The molecule has 0 radical (unpaired) electrons. The number of esters is 1. The number of ether oxygens (including phenoxy) is 1. The van der Waals surface area contributed by atoms with Gasteiger partial charge in [0.15, 0.2) is 6.61 Å². The lowest BCUT2D eigenvalue weighted by molar-refractivity contribution is -0.143. The van der Waals surface area contributed by atoms with E-state index < -0.39 is 30.2 Å². The van der Waals surface area contributed by atoms with E-state index in [1.807, 2.05) is 6.07 Å². The average molecular weight is 361 g/mol. The number of hydrogen-bond acceptors (Lipinski definition) is 4. The standard InChI is InChI=1S/C15H12ClF3N2O3/c16-12-4-3-11(15(17,18)19)8-10(12)2-5-14(23)24-9-13(22)21-7-1-6-20/h2-5,8H,1,7,9H2,(H,21,22)/b5-2+. The van der Waals surface area contributed by atoms with Gasteiger partial charge in [-0.3, -0.25) is 4.79 Å². The Morgan fingerprint density at radius 1 is 1.38 bits per heavy atom. The van der Waals surface area contributed by atoms with E-state index in [4.69, 9.17) is 16.9 Å². The Bertz CT molecular complexity index is 682. The van der Waals surface area contributed by atoms with Crippen molar-refractivity contribution in [3.05, 3.63) is 40.4 Å². The number of halogens is 4. The Kier molecular flexibility index (Phi) is 7.27. The number of alkyl halides is 3.